The number of fused-ring (bicyclic) bond motifs is 1. The molecule has 0 radical (unpaired) electrons. The number of carbonyl (C=O) groups is 1. The van der Waals surface area contributed by atoms with E-state index < -0.39 is 0 Å². The number of hydrogen-bond acceptors (Lipinski definition) is 5. The molecule has 0 saturated carbocycles. The van der Waals surface area contributed by atoms with E-state index >= 15 is 0 Å². The molecule has 0 aliphatic carbocycles. The van der Waals surface area contributed by atoms with E-state index in [0.717, 1.165) is 27.3 Å². The topological polar surface area (TPSA) is 61.2 Å². The largest absolute Gasteiger partial charge is 0.469 e. The summed E-state index contributed by atoms with van der Waals surface area (Å²) in [7, 11) is 1.38. The maximum Gasteiger partial charge on any atom is 0.305 e. The summed E-state index contributed by atoms with van der Waals surface area (Å²) in [6.07, 6.45) is 1.62. The minimum Gasteiger partial charge on any atom is -0.469 e. The summed E-state index contributed by atoms with van der Waals surface area (Å²) < 4.78 is 6.53. The van der Waals surface area contributed by atoms with E-state index in [1.807, 2.05) is 42.5 Å². The van der Waals surface area contributed by atoms with E-state index in [1.54, 1.807) is 15.9 Å². The van der Waals surface area contributed by atoms with E-state index in [1.165, 1.54) is 7.11 Å². The minimum atomic E-state index is -0.278. The summed E-state index contributed by atoms with van der Waals surface area (Å²) in [5.41, 5.74) is 2.08. The number of hydrogen-bond donors (Lipinski definition) is 0. The second-order valence-electron chi connectivity index (χ2n) is 7.65. The average Bonchev–Trinajstić information content (AvgIpc) is 3.26. The molecule has 0 unspecified atom stereocenters. The number of ether oxygens (including phenoxy) is 1. The van der Waals surface area contributed by atoms with Gasteiger partial charge in [-0.1, -0.05) is 67.6 Å². The van der Waals surface area contributed by atoms with Crippen molar-refractivity contribution >= 4 is 27.5 Å². The van der Waals surface area contributed by atoms with Gasteiger partial charge in [-0.05, 0) is 30.0 Å². The number of methoxy groups -OCH3 is 1. The van der Waals surface area contributed by atoms with E-state index in [-0.39, 0.29) is 23.9 Å². The summed E-state index contributed by atoms with van der Waals surface area (Å²) in [5.74, 6) is 0.231. The first-order chi connectivity index (χ1) is 15.6. The molecule has 32 heavy (non-hydrogen) atoms. The molecular formula is C26H26N2O3S. The fraction of sp³-hybridized carbons (Fsp3) is 0.269. The number of carbonyl (C=O) groups excluding carboxylic acids is 1. The fourth-order valence-electron chi connectivity index (χ4n) is 3.96. The SMILES string of the molecule is CCc1cc2c(=O)n(CCCC(=O)OC)c(C(c3ccccc3)c3ccccc3)nc2s1. The van der Waals surface area contributed by atoms with Crippen LogP contribution in [0.1, 0.15) is 47.5 Å². The molecule has 5 nitrogen and oxygen atoms in total. The van der Waals surface area contributed by atoms with Crippen LogP contribution in [0.4, 0.5) is 0 Å². The summed E-state index contributed by atoms with van der Waals surface area (Å²) in [6.45, 7) is 2.48. The van der Waals surface area contributed by atoms with Crippen LogP contribution in [-0.4, -0.2) is 22.6 Å². The quantitative estimate of drug-likeness (QED) is 0.351. The van der Waals surface area contributed by atoms with Gasteiger partial charge in [0.25, 0.3) is 5.56 Å². The van der Waals surface area contributed by atoms with E-state index in [2.05, 4.69) is 31.2 Å². The molecule has 0 aliphatic rings. The van der Waals surface area contributed by atoms with Gasteiger partial charge in [-0.15, -0.1) is 11.3 Å². The Kier molecular flexibility index (Phi) is 6.81. The molecule has 4 rings (SSSR count). The number of aryl methyl sites for hydroxylation is 1. The highest BCUT2D eigenvalue weighted by atomic mass is 32.1. The highest BCUT2D eigenvalue weighted by Gasteiger charge is 2.24. The predicted octanol–water partition coefficient (Wildman–Crippen LogP) is 5.15. The Hall–Kier alpha value is -3.25. The average molecular weight is 447 g/mol. The molecule has 0 N–H and O–H groups in total. The van der Waals surface area contributed by atoms with Crippen molar-refractivity contribution in [2.75, 3.05) is 7.11 Å². The first-order valence-electron chi connectivity index (χ1n) is 10.8. The molecule has 6 heteroatoms. The number of aromatic nitrogens is 2. The first-order valence-corrected chi connectivity index (χ1v) is 11.6. The molecule has 2 heterocycles. The van der Waals surface area contributed by atoms with Gasteiger partial charge in [-0.3, -0.25) is 14.2 Å². The van der Waals surface area contributed by atoms with Gasteiger partial charge in [-0.25, -0.2) is 4.98 Å². The maximum atomic E-state index is 13.6. The van der Waals surface area contributed by atoms with Gasteiger partial charge in [-0.2, -0.15) is 0 Å². The standard InChI is InChI=1S/C26H26N2O3S/c1-3-20-17-21-25(32-20)27-24(28(26(21)30)16-10-15-22(29)31-2)23(18-11-6-4-7-12-18)19-13-8-5-9-14-19/h4-9,11-14,17,23H,3,10,15-16H2,1-2H3. The third-order valence-electron chi connectivity index (χ3n) is 5.59. The lowest BCUT2D eigenvalue weighted by molar-refractivity contribution is -0.140. The smallest absolute Gasteiger partial charge is 0.305 e. The van der Waals surface area contributed by atoms with Crippen molar-refractivity contribution in [2.45, 2.75) is 38.6 Å². The molecular weight excluding hydrogens is 420 g/mol. The second kappa shape index (κ2) is 9.92. The van der Waals surface area contributed by atoms with Crippen LogP contribution in [0.5, 0.6) is 0 Å². The zero-order valence-corrected chi connectivity index (χ0v) is 19.1. The van der Waals surface area contributed by atoms with Crippen LogP contribution in [0.15, 0.2) is 71.5 Å². The van der Waals surface area contributed by atoms with Gasteiger partial charge in [0.15, 0.2) is 0 Å². The molecule has 2 aromatic carbocycles. The van der Waals surface area contributed by atoms with E-state index in [4.69, 9.17) is 9.72 Å². The van der Waals surface area contributed by atoms with Gasteiger partial charge in [0, 0.05) is 17.8 Å². The Morgan fingerprint density at radius 1 is 1.06 bits per heavy atom. The molecule has 0 spiro atoms. The zero-order chi connectivity index (χ0) is 22.5. The first kappa shape index (κ1) is 22.0. The van der Waals surface area contributed by atoms with Gasteiger partial charge >= 0.3 is 5.97 Å². The lowest BCUT2D eigenvalue weighted by atomic mass is 9.90. The van der Waals surface area contributed by atoms with E-state index in [0.29, 0.717) is 24.2 Å². The lowest BCUT2D eigenvalue weighted by Crippen LogP contribution is -2.28. The fourth-order valence-corrected chi connectivity index (χ4v) is 4.92. The van der Waals surface area contributed by atoms with Crippen LogP contribution in [0.3, 0.4) is 0 Å². The Balaban J connectivity index is 1.91. The molecule has 0 saturated heterocycles. The third kappa shape index (κ3) is 4.50. The van der Waals surface area contributed by atoms with Crippen molar-refractivity contribution in [2.24, 2.45) is 0 Å². The number of esters is 1. The summed E-state index contributed by atoms with van der Waals surface area (Å²) in [5, 5.41) is 0.647. The molecule has 0 atom stereocenters. The maximum absolute atomic E-state index is 13.6. The molecule has 0 aliphatic heterocycles. The summed E-state index contributed by atoms with van der Waals surface area (Å²) in [4.78, 5) is 32.2. The van der Waals surface area contributed by atoms with E-state index in [9.17, 15) is 9.59 Å². The van der Waals surface area contributed by atoms with Crippen LogP contribution in [-0.2, 0) is 22.5 Å². The predicted molar refractivity (Wildman–Crippen MR) is 128 cm³/mol. The van der Waals surface area contributed by atoms with Crippen molar-refractivity contribution in [1.29, 1.82) is 0 Å². The van der Waals surface area contributed by atoms with Gasteiger partial charge < -0.3 is 4.74 Å². The second-order valence-corrected chi connectivity index (χ2v) is 8.76. The van der Waals surface area contributed by atoms with Crippen molar-refractivity contribution in [3.63, 3.8) is 0 Å². The van der Waals surface area contributed by atoms with Crippen molar-refractivity contribution in [1.82, 2.24) is 9.55 Å². The normalized spacial score (nSPS) is 11.2. The van der Waals surface area contributed by atoms with Gasteiger partial charge in [0.05, 0.1) is 18.4 Å². The van der Waals surface area contributed by atoms with Crippen molar-refractivity contribution < 1.29 is 9.53 Å². The minimum absolute atomic E-state index is 0.0531. The Bertz CT molecular complexity index is 1220. The lowest BCUT2D eigenvalue weighted by Gasteiger charge is -2.22. The van der Waals surface area contributed by atoms with Crippen LogP contribution in [0.25, 0.3) is 10.2 Å². The Morgan fingerprint density at radius 2 is 1.69 bits per heavy atom. The highest BCUT2D eigenvalue weighted by Crippen LogP contribution is 2.32. The zero-order valence-electron chi connectivity index (χ0n) is 18.3. The van der Waals surface area contributed by atoms with Crippen LogP contribution >= 0.6 is 11.3 Å². The molecule has 0 fully saturated rings. The summed E-state index contributed by atoms with van der Waals surface area (Å²) >= 11 is 1.58. The van der Waals surface area contributed by atoms with Crippen LogP contribution in [0, 0.1) is 0 Å². The van der Waals surface area contributed by atoms with Crippen LogP contribution in [0.2, 0.25) is 0 Å². The number of benzene rings is 2. The van der Waals surface area contributed by atoms with Crippen molar-refractivity contribution in [3.05, 3.63) is 98.9 Å². The molecule has 0 amide bonds. The number of rotatable bonds is 8. The summed E-state index contributed by atoms with van der Waals surface area (Å²) in [6, 6.07) is 22.2. The van der Waals surface area contributed by atoms with Crippen molar-refractivity contribution in [3.8, 4) is 0 Å². The molecule has 0 bridgehead atoms. The number of thiophene rings is 1. The number of nitrogens with zero attached hydrogens (tertiary/aromatic N) is 2. The highest BCUT2D eigenvalue weighted by molar-refractivity contribution is 7.18. The van der Waals surface area contributed by atoms with Crippen LogP contribution < -0.4 is 5.56 Å². The van der Waals surface area contributed by atoms with Gasteiger partial charge in [0.2, 0.25) is 0 Å². The molecule has 4 aromatic rings. The van der Waals surface area contributed by atoms with Gasteiger partial charge in [0.1, 0.15) is 10.7 Å². The Labute approximate surface area is 191 Å². The third-order valence-corrected chi connectivity index (χ3v) is 6.77. The molecule has 2 aromatic heterocycles. The Morgan fingerprint density at radius 3 is 2.25 bits per heavy atom. The monoisotopic (exact) mass is 446 g/mol. The molecule has 164 valence electrons.